The summed E-state index contributed by atoms with van der Waals surface area (Å²) in [6, 6.07) is 6.02. The van der Waals surface area contributed by atoms with Gasteiger partial charge in [-0.05, 0) is 59.7 Å². The van der Waals surface area contributed by atoms with E-state index in [0.29, 0.717) is 16.7 Å². The van der Waals surface area contributed by atoms with Crippen molar-refractivity contribution in [2.24, 2.45) is 18.4 Å². The fourth-order valence-electron chi connectivity index (χ4n) is 5.25. The van der Waals surface area contributed by atoms with Crippen molar-refractivity contribution in [2.45, 2.75) is 19.3 Å². The third kappa shape index (κ3) is 2.98. The number of ether oxygens (including phenoxy) is 2. The van der Waals surface area contributed by atoms with Gasteiger partial charge in [-0.2, -0.15) is 0 Å². The molecule has 2 fully saturated rings. The number of nitrogens with one attached hydrogen (secondary N) is 1. The Kier molecular flexibility index (Phi) is 4.54. The maximum absolute atomic E-state index is 12.5. The van der Waals surface area contributed by atoms with Crippen LogP contribution in [0.1, 0.15) is 18.4 Å². The zero-order valence-corrected chi connectivity index (χ0v) is 17.7. The highest BCUT2D eigenvalue weighted by Gasteiger charge is 2.48. The van der Waals surface area contributed by atoms with Crippen LogP contribution in [0, 0.1) is 11.3 Å². The molecule has 2 aromatic heterocycles. The number of benzene rings is 1. The molecule has 6 nitrogen and oxygen atoms in total. The number of hydrogen-bond acceptors (Lipinski definition) is 5. The molecular weight excluding hydrogens is 378 g/mol. The van der Waals surface area contributed by atoms with Crippen molar-refractivity contribution >= 4 is 10.8 Å². The molecule has 156 valence electrons. The number of aromatic nitrogens is 2. The van der Waals surface area contributed by atoms with Crippen LogP contribution in [0.5, 0.6) is 11.5 Å². The lowest BCUT2D eigenvalue weighted by atomic mass is 9.57. The van der Waals surface area contributed by atoms with Gasteiger partial charge in [0.15, 0.2) is 0 Å². The van der Waals surface area contributed by atoms with Crippen molar-refractivity contribution in [3.8, 4) is 22.6 Å². The summed E-state index contributed by atoms with van der Waals surface area (Å²) in [4.78, 5) is 16.7. The van der Waals surface area contributed by atoms with Crippen LogP contribution in [0.4, 0.5) is 0 Å². The van der Waals surface area contributed by atoms with E-state index >= 15 is 0 Å². The lowest BCUT2D eigenvalue weighted by Crippen LogP contribution is -2.60. The third-order valence-electron chi connectivity index (χ3n) is 6.84. The number of rotatable bonds is 5. The van der Waals surface area contributed by atoms with Gasteiger partial charge >= 0.3 is 0 Å². The highest BCUT2D eigenvalue weighted by Crippen LogP contribution is 2.51. The first kappa shape index (κ1) is 19.1. The van der Waals surface area contributed by atoms with E-state index in [1.54, 1.807) is 38.2 Å². The molecule has 0 radical (unpaired) electrons. The second kappa shape index (κ2) is 7.13. The summed E-state index contributed by atoms with van der Waals surface area (Å²) < 4.78 is 13.2. The van der Waals surface area contributed by atoms with Crippen molar-refractivity contribution < 1.29 is 9.47 Å². The Morgan fingerprint density at radius 3 is 2.47 bits per heavy atom. The van der Waals surface area contributed by atoms with E-state index in [-0.39, 0.29) is 5.56 Å². The molecule has 1 N–H and O–H groups in total. The minimum atomic E-state index is -0.0539. The van der Waals surface area contributed by atoms with E-state index in [1.807, 2.05) is 12.3 Å². The molecule has 3 heterocycles. The predicted molar refractivity (Wildman–Crippen MR) is 117 cm³/mol. The molecule has 1 aromatic carbocycles. The Bertz CT molecular complexity index is 1150. The van der Waals surface area contributed by atoms with Gasteiger partial charge in [0.1, 0.15) is 11.5 Å². The lowest BCUT2D eigenvalue weighted by Gasteiger charge is -2.54. The molecule has 0 unspecified atom stereocenters. The zero-order valence-electron chi connectivity index (χ0n) is 17.7. The van der Waals surface area contributed by atoms with Gasteiger partial charge in [-0.1, -0.05) is 0 Å². The summed E-state index contributed by atoms with van der Waals surface area (Å²) in [7, 11) is 5.19. The molecular formula is C24H27N3O3. The monoisotopic (exact) mass is 405 g/mol. The Morgan fingerprint density at radius 1 is 1.17 bits per heavy atom. The van der Waals surface area contributed by atoms with Gasteiger partial charge in [-0.25, -0.2) is 0 Å². The second-order valence-corrected chi connectivity index (χ2v) is 8.82. The molecule has 5 rings (SSSR count). The summed E-state index contributed by atoms with van der Waals surface area (Å²) in [5.41, 5.74) is 3.55. The minimum absolute atomic E-state index is 0.0539. The quantitative estimate of drug-likeness (QED) is 0.706. The van der Waals surface area contributed by atoms with E-state index in [9.17, 15) is 4.79 Å². The van der Waals surface area contributed by atoms with Gasteiger partial charge in [0.2, 0.25) is 0 Å². The van der Waals surface area contributed by atoms with Gasteiger partial charge < -0.3 is 19.4 Å². The Labute approximate surface area is 175 Å². The maximum atomic E-state index is 12.5. The number of hydrogen-bond donors (Lipinski definition) is 1. The first-order valence-corrected chi connectivity index (χ1v) is 10.4. The van der Waals surface area contributed by atoms with Gasteiger partial charge in [-0.3, -0.25) is 9.78 Å². The normalized spacial score (nSPS) is 17.6. The lowest BCUT2D eigenvalue weighted by molar-refractivity contribution is 0.000464. The Balaban J connectivity index is 1.57. The molecule has 1 aliphatic carbocycles. The van der Waals surface area contributed by atoms with Crippen LogP contribution < -0.4 is 20.3 Å². The van der Waals surface area contributed by atoms with Crippen LogP contribution in [0.2, 0.25) is 0 Å². The smallest absolute Gasteiger partial charge is 0.259 e. The van der Waals surface area contributed by atoms with E-state index in [0.717, 1.165) is 53.1 Å². The first-order chi connectivity index (χ1) is 14.5. The van der Waals surface area contributed by atoms with Gasteiger partial charge in [0.25, 0.3) is 5.56 Å². The summed E-state index contributed by atoms with van der Waals surface area (Å²) in [5, 5.41) is 4.89. The van der Waals surface area contributed by atoms with Crippen molar-refractivity contribution in [2.75, 3.05) is 27.3 Å². The van der Waals surface area contributed by atoms with Gasteiger partial charge in [-0.15, -0.1) is 0 Å². The topological polar surface area (TPSA) is 65.4 Å². The van der Waals surface area contributed by atoms with Crippen LogP contribution in [0.3, 0.4) is 0 Å². The molecule has 1 saturated heterocycles. The van der Waals surface area contributed by atoms with E-state index < -0.39 is 0 Å². The summed E-state index contributed by atoms with van der Waals surface area (Å²) in [6.07, 6.45) is 8.73. The minimum Gasteiger partial charge on any atom is -0.496 e. The third-order valence-corrected chi connectivity index (χ3v) is 6.84. The Morgan fingerprint density at radius 2 is 1.87 bits per heavy atom. The van der Waals surface area contributed by atoms with Crippen LogP contribution >= 0.6 is 0 Å². The fraction of sp³-hybridized carbons (Fsp3) is 0.417. The summed E-state index contributed by atoms with van der Waals surface area (Å²) in [5.74, 6) is 2.35. The number of aryl methyl sites for hydroxylation is 1. The number of nitrogens with zero attached hydrogens (tertiary/aromatic N) is 2. The Hall–Kier alpha value is -2.86. The van der Waals surface area contributed by atoms with Gasteiger partial charge in [0.05, 0.1) is 19.6 Å². The van der Waals surface area contributed by atoms with E-state index in [2.05, 4.69) is 22.4 Å². The predicted octanol–water partition coefficient (Wildman–Crippen LogP) is 3.16. The van der Waals surface area contributed by atoms with Crippen LogP contribution in [0.15, 0.2) is 41.6 Å². The average molecular weight is 405 g/mol. The maximum Gasteiger partial charge on any atom is 0.259 e. The summed E-state index contributed by atoms with van der Waals surface area (Å²) >= 11 is 0. The zero-order chi connectivity index (χ0) is 20.9. The molecule has 6 heteroatoms. The molecule has 0 amide bonds. The number of methoxy groups -OCH3 is 2. The number of pyridine rings is 2. The van der Waals surface area contributed by atoms with Crippen molar-refractivity contribution in [3.05, 3.63) is 52.7 Å². The van der Waals surface area contributed by atoms with E-state index in [1.165, 1.54) is 12.8 Å². The molecule has 30 heavy (non-hydrogen) atoms. The SMILES string of the molecule is COc1cc(-c2cn(C)c(=O)c3cnccc23)cc(OC)c1CC1CC2(CNC2)C1. The van der Waals surface area contributed by atoms with E-state index in [4.69, 9.17) is 9.47 Å². The number of fused-ring (bicyclic) bond motifs is 1. The van der Waals surface area contributed by atoms with Gasteiger partial charge in [0, 0.05) is 49.9 Å². The van der Waals surface area contributed by atoms with Crippen LogP contribution in [-0.4, -0.2) is 36.9 Å². The largest absolute Gasteiger partial charge is 0.496 e. The molecule has 2 aliphatic rings. The standard InChI is InChI=1S/C24H27N3O3/c1-27-12-20(17-4-5-25-11-19(17)23(27)28)16-7-21(29-2)18(22(8-16)30-3)6-15-9-24(10-15)13-26-14-24/h4-5,7-8,11-12,15,26H,6,9-10,13-14H2,1-3H3. The average Bonchev–Trinajstić information content (AvgIpc) is 2.71. The first-order valence-electron chi connectivity index (χ1n) is 10.4. The molecule has 0 atom stereocenters. The summed E-state index contributed by atoms with van der Waals surface area (Å²) in [6.45, 7) is 2.32. The molecule has 3 aromatic rings. The molecule has 1 spiro atoms. The molecule has 1 aliphatic heterocycles. The fourth-order valence-corrected chi connectivity index (χ4v) is 5.25. The molecule has 0 bridgehead atoms. The second-order valence-electron chi connectivity index (χ2n) is 8.82. The highest BCUT2D eigenvalue weighted by molar-refractivity contribution is 5.95. The van der Waals surface area contributed by atoms with Crippen molar-refractivity contribution in [1.29, 1.82) is 0 Å². The van der Waals surface area contributed by atoms with Crippen molar-refractivity contribution in [3.63, 3.8) is 0 Å². The van der Waals surface area contributed by atoms with Crippen molar-refractivity contribution in [1.82, 2.24) is 14.9 Å². The van der Waals surface area contributed by atoms with Crippen LogP contribution in [-0.2, 0) is 13.5 Å². The van der Waals surface area contributed by atoms with Crippen LogP contribution in [0.25, 0.3) is 21.9 Å². The molecule has 1 saturated carbocycles. The highest BCUT2D eigenvalue weighted by atomic mass is 16.5.